The Morgan fingerprint density at radius 1 is 0.968 bits per heavy atom. The van der Waals surface area contributed by atoms with Crippen LogP contribution in [0.4, 0.5) is 5.69 Å². The van der Waals surface area contributed by atoms with Crippen molar-refractivity contribution in [3.63, 3.8) is 0 Å². The number of aliphatic carboxylic acids is 1. The molecule has 0 radical (unpaired) electrons. The first kappa shape index (κ1) is 25.0. The third-order valence-electron chi connectivity index (χ3n) is 4.78. The summed E-state index contributed by atoms with van der Waals surface area (Å²) in [6.45, 7) is 1.40. The Morgan fingerprint density at radius 2 is 1.58 bits per heavy atom. The lowest BCUT2D eigenvalue weighted by atomic mass is 10.2. The summed E-state index contributed by atoms with van der Waals surface area (Å²) in [5, 5.41) is 9.20. The van der Waals surface area contributed by atoms with Crippen LogP contribution in [0.15, 0.2) is 53.4 Å². The van der Waals surface area contributed by atoms with Crippen LogP contribution in [-0.4, -0.2) is 58.2 Å². The number of carboxylic acid groups (broad SMARTS) is 1. The van der Waals surface area contributed by atoms with E-state index in [1.165, 1.54) is 23.5 Å². The van der Waals surface area contributed by atoms with Crippen LogP contribution in [0.1, 0.15) is 25.7 Å². The molecule has 0 aliphatic heterocycles. The van der Waals surface area contributed by atoms with Crippen LogP contribution in [0.3, 0.4) is 0 Å². The fourth-order valence-electron chi connectivity index (χ4n) is 2.99. The summed E-state index contributed by atoms with van der Waals surface area (Å²) in [6, 6.07) is 13.0. The molecule has 0 spiro atoms. The van der Waals surface area contributed by atoms with Gasteiger partial charge in [-0.2, -0.15) is 0 Å². The molecule has 0 atom stereocenters. The topological polar surface area (TPSA) is 87.2 Å². The first-order valence-electron chi connectivity index (χ1n) is 10.1. The molecule has 0 aromatic heterocycles. The van der Waals surface area contributed by atoms with E-state index in [0.29, 0.717) is 23.1 Å². The number of sulfonamides is 1. The second-order valence-electron chi connectivity index (χ2n) is 7.31. The lowest BCUT2D eigenvalue weighted by Crippen LogP contribution is -2.26. The summed E-state index contributed by atoms with van der Waals surface area (Å²) in [4.78, 5) is 12.6. The number of nitrogens with zero attached hydrogens (tertiary/aromatic N) is 2. The van der Waals surface area contributed by atoms with Crippen LogP contribution in [0, 0.1) is 0 Å². The Hall–Kier alpha value is -2.29. The smallest absolute Gasteiger partial charge is 0.317 e. The van der Waals surface area contributed by atoms with Crippen LogP contribution >= 0.6 is 11.6 Å². The summed E-state index contributed by atoms with van der Waals surface area (Å²) in [7, 11) is -0.354. The number of anilines is 1. The average molecular weight is 469 g/mol. The van der Waals surface area contributed by atoms with Crippen molar-refractivity contribution in [1.82, 2.24) is 4.90 Å². The summed E-state index contributed by atoms with van der Waals surface area (Å²) in [5.74, 6) is -0.127. The van der Waals surface area contributed by atoms with Crippen LogP contribution in [0.5, 0.6) is 5.75 Å². The lowest BCUT2D eigenvalue weighted by molar-refractivity contribution is -0.137. The molecule has 2 rings (SSSR count). The highest BCUT2D eigenvalue weighted by Crippen LogP contribution is 2.25. The van der Waals surface area contributed by atoms with E-state index in [9.17, 15) is 13.2 Å². The van der Waals surface area contributed by atoms with E-state index in [0.717, 1.165) is 32.2 Å². The number of benzene rings is 2. The van der Waals surface area contributed by atoms with Crippen molar-refractivity contribution in [3.8, 4) is 5.75 Å². The Bertz CT molecular complexity index is 933. The van der Waals surface area contributed by atoms with Crippen molar-refractivity contribution in [1.29, 1.82) is 0 Å². The van der Waals surface area contributed by atoms with E-state index in [-0.39, 0.29) is 11.4 Å². The summed E-state index contributed by atoms with van der Waals surface area (Å²) in [5.41, 5.74) is 0.535. The molecular weight excluding hydrogens is 440 g/mol. The Morgan fingerprint density at radius 3 is 2.19 bits per heavy atom. The first-order valence-corrected chi connectivity index (χ1v) is 11.9. The van der Waals surface area contributed by atoms with E-state index in [1.807, 2.05) is 0 Å². The number of carboxylic acids is 1. The van der Waals surface area contributed by atoms with Gasteiger partial charge in [0.1, 0.15) is 5.75 Å². The molecule has 0 saturated heterocycles. The zero-order valence-electron chi connectivity index (χ0n) is 17.8. The number of likely N-dealkylation sites (N-methyl/N-ethyl adjacent to an activating group) is 1. The molecule has 0 aliphatic rings. The molecule has 0 saturated carbocycles. The second-order valence-corrected chi connectivity index (χ2v) is 9.72. The molecule has 1 N–H and O–H groups in total. The normalized spacial score (nSPS) is 11.5. The molecule has 2 aromatic carbocycles. The molecule has 0 amide bonds. The summed E-state index contributed by atoms with van der Waals surface area (Å²) < 4.78 is 32.4. The molecule has 9 heteroatoms. The monoisotopic (exact) mass is 468 g/mol. The van der Waals surface area contributed by atoms with Crippen molar-refractivity contribution in [2.75, 3.05) is 38.1 Å². The lowest BCUT2D eigenvalue weighted by Gasteiger charge is -2.20. The SMILES string of the molecule is CN(CCCCCCOc1ccc(N(C)S(=O)(=O)c2ccc(Cl)cc2)cc1)CC(=O)O. The van der Waals surface area contributed by atoms with E-state index in [4.69, 9.17) is 21.4 Å². The van der Waals surface area contributed by atoms with Crippen molar-refractivity contribution in [2.45, 2.75) is 30.6 Å². The highest BCUT2D eigenvalue weighted by atomic mass is 35.5. The van der Waals surface area contributed by atoms with Crippen molar-refractivity contribution < 1.29 is 23.1 Å². The molecule has 0 aliphatic carbocycles. The van der Waals surface area contributed by atoms with Gasteiger partial charge in [-0.25, -0.2) is 8.42 Å². The van der Waals surface area contributed by atoms with Gasteiger partial charge < -0.3 is 9.84 Å². The Balaban J connectivity index is 1.75. The van der Waals surface area contributed by atoms with Gasteiger partial charge in [0.2, 0.25) is 0 Å². The number of halogens is 1. The van der Waals surface area contributed by atoms with Gasteiger partial charge in [0.05, 0.1) is 23.7 Å². The van der Waals surface area contributed by atoms with Crippen molar-refractivity contribution >= 4 is 33.3 Å². The summed E-state index contributed by atoms with van der Waals surface area (Å²) >= 11 is 5.84. The van der Waals surface area contributed by atoms with Gasteiger partial charge in [0, 0.05) is 12.1 Å². The molecule has 0 unspecified atom stereocenters. The van der Waals surface area contributed by atoms with Crippen LogP contribution in [0.25, 0.3) is 0 Å². The molecular formula is C22H29ClN2O5S. The van der Waals surface area contributed by atoms with Crippen LogP contribution < -0.4 is 9.04 Å². The number of hydrogen-bond acceptors (Lipinski definition) is 5. The van der Waals surface area contributed by atoms with Gasteiger partial charge in [0.25, 0.3) is 10.0 Å². The van der Waals surface area contributed by atoms with Gasteiger partial charge in [-0.05, 0) is 75.0 Å². The van der Waals surface area contributed by atoms with Crippen molar-refractivity contribution in [3.05, 3.63) is 53.6 Å². The van der Waals surface area contributed by atoms with Gasteiger partial charge in [0.15, 0.2) is 0 Å². The molecule has 0 bridgehead atoms. The van der Waals surface area contributed by atoms with E-state index < -0.39 is 16.0 Å². The van der Waals surface area contributed by atoms with E-state index >= 15 is 0 Å². The highest BCUT2D eigenvalue weighted by molar-refractivity contribution is 7.92. The summed E-state index contributed by atoms with van der Waals surface area (Å²) in [6.07, 6.45) is 3.86. The Labute approximate surface area is 189 Å². The minimum Gasteiger partial charge on any atom is -0.494 e. The zero-order valence-corrected chi connectivity index (χ0v) is 19.4. The number of rotatable bonds is 13. The van der Waals surface area contributed by atoms with Gasteiger partial charge in [-0.1, -0.05) is 24.4 Å². The molecule has 0 heterocycles. The molecule has 31 heavy (non-hydrogen) atoms. The van der Waals surface area contributed by atoms with Gasteiger partial charge >= 0.3 is 5.97 Å². The molecule has 170 valence electrons. The minimum atomic E-state index is -3.67. The van der Waals surface area contributed by atoms with Crippen LogP contribution in [0.2, 0.25) is 5.02 Å². The maximum atomic E-state index is 12.7. The van der Waals surface area contributed by atoms with Crippen molar-refractivity contribution in [2.24, 2.45) is 0 Å². The third-order valence-corrected chi connectivity index (χ3v) is 6.83. The maximum Gasteiger partial charge on any atom is 0.317 e. The van der Waals surface area contributed by atoms with Gasteiger partial charge in [-0.3, -0.25) is 14.0 Å². The Kier molecular flexibility index (Phi) is 9.61. The van der Waals surface area contributed by atoms with E-state index in [2.05, 4.69) is 0 Å². The van der Waals surface area contributed by atoms with Gasteiger partial charge in [-0.15, -0.1) is 0 Å². The third kappa shape index (κ3) is 8.05. The number of carbonyl (C=O) groups is 1. The predicted octanol–water partition coefficient (Wildman–Crippen LogP) is 4.12. The predicted molar refractivity (Wildman–Crippen MR) is 123 cm³/mol. The molecule has 0 fully saturated rings. The quantitative estimate of drug-likeness (QED) is 0.445. The second kappa shape index (κ2) is 11.9. The number of ether oxygens (including phenoxy) is 1. The molecule has 2 aromatic rings. The first-order chi connectivity index (χ1) is 14.7. The maximum absolute atomic E-state index is 12.7. The highest BCUT2D eigenvalue weighted by Gasteiger charge is 2.21. The number of unbranched alkanes of at least 4 members (excludes halogenated alkanes) is 3. The fraction of sp³-hybridized carbons (Fsp3) is 0.409. The number of hydrogen-bond donors (Lipinski definition) is 1. The standard InChI is InChI=1S/C22H29ClN2O5S/c1-24(17-22(26)27)15-5-3-4-6-16-30-20-11-9-19(10-12-20)25(2)31(28,29)21-13-7-18(23)8-14-21/h7-14H,3-6,15-17H2,1-2H3,(H,26,27). The van der Waals surface area contributed by atoms with E-state index in [1.54, 1.807) is 48.3 Å². The van der Waals surface area contributed by atoms with Crippen LogP contribution in [-0.2, 0) is 14.8 Å². The fourth-order valence-corrected chi connectivity index (χ4v) is 4.31. The average Bonchev–Trinajstić information content (AvgIpc) is 2.72. The largest absolute Gasteiger partial charge is 0.494 e. The molecule has 7 nitrogen and oxygen atoms in total. The minimum absolute atomic E-state index is 0.0648. The zero-order chi connectivity index (χ0) is 22.9.